The summed E-state index contributed by atoms with van der Waals surface area (Å²) in [5.74, 6) is 0.437. The average molecular weight is 223 g/mol. The summed E-state index contributed by atoms with van der Waals surface area (Å²) in [6.45, 7) is 7.97. The Morgan fingerprint density at radius 2 is 2.38 bits per heavy atom. The number of aromatic nitrogens is 2. The first-order valence-corrected chi connectivity index (χ1v) is 6.10. The van der Waals surface area contributed by atoms with Crippen LogP contribution in [0.25, 0.3) is 0 Å². The quantitative estimate of drug-likeness (QED) is 0.834. The monoisotopic (exact) mass is 223 g/mol. The number of likely N-dealkylation sites (tertiary alicyclic amines) is 1. The third-order valence-corrected chi connectivity index (χ3v) is 3.53. The van der Waals surface area contributed by atoms with E-state index >= 15 is 0 Å². The second-order valence-electron chi connectivity index (χ2n) is 4.74. The zero-order valence-electron chi connectivity index (χ0n) is 10.1. The van der Waals surface area contributed by atoms with Gasteiger partial charge in [0.15, 0.2) is 0 Å². The van der Waals surface area contributed by atoms with Crippen molar-refractivity contribution < 1.29 is 5.11 Å². The molecule has 1 aliphatic rings. The van der Waals surface area contributed by atoms with Gasteiger partial charge >= 0.3 is 0 Å². The molecule has 2 heterocycles. The molecule has 4 nitrogen and oxygen atoms in total. The molecule has 16 heavy (non-hydrogen) atoms. The Morgan fingerprint density at radius 1 is 1.56 bits per heavy atom. The van der Waals surface area contributed by atoms with Crippen molar-refractivity contribution >= 4 is 0 Å². The number of aliphatic hydroxyl groups excluding tert-OH is 1. The number of hydrogen-bond acceptors (Lipinski definition) is 3. The van der Waals surface area contributed by atoms with Gasteiger partial charge in [-0.15, -0.1) is 0 Å². The summed E-state index contributed by atoms with van der Waals surface area (Å²) in [5.41, 5.74) is 1.24. The smallest absolute Gasteiger partial charge is 0.0948 e. The summed E-state index contributed by atoms with van der Waals surface area (Å²) in [7, 11) is 0. The van der Waals surface area contributed by atoms with Crippen molar-refractivity contribution in [3.05, 3.63) is 18.2 Å². The van der Waals surface area contributed by atoms with E-state index in [1.54, 1.807) is 0 Å². The number of aliphatic hydroxyl groups is 1. The molecule has 0 radical (unpaired) electrons. The van der Waals surface area contributed by atoms with E-state index in [1.165, 1.54) is 5.69 Å². The molecule has 2 rings (SSSR count). The van der Waals surface area contributed by atoms with Gasteiger partial charge in [0.2, 0.25) is 0 Å². The molecule has 0 aromatic carbocycles. The van der Waals surface area contributed by atoms with Crippen LogP contribution in [0.1, 0.15) is 26.0 Å². The summed E-state index contributed by atoms with van der Waals surface area (Å²) in [4.78, 5) is 6.48. The highest BCUT2D eigenvalue weighted by molar-refractivity contribution is 4.98. The van der Waals surface area contributed by atoms with E-state index in [2.05, 4.69) is 28.3 Å². The molecule has 1 saturated heterocycles. The number of nitrogens with zero attached hydrogens (tertiary/aromatic N) is 3. The first-order chi connectivity index (χ1) is 7.70. The second-order valence-corrected chi connectivity index (χ2v) is 4.74. The molecule has 0 spiro atoms. The van der Waals surface area contributed by atoms with E-state index in [0.717, 1.165) is 32.6 Å². The van der Waals surface area contributed by atoms with Gasteiger partial charge in [-0.1, -0.05) is 6.92 Å². The van der Waals surface area contributed by atoms with E-state index in [9.17, 15) is 5.11 Å². The topological polar surface area (TPSA) is 41.3 Å². The maximum atomic E-state index is 9.84. The van der Waals surface area contributed by atoms with Gasteiger partial charge in [0.25, 0.3) is 0 Å². The van der Waals surface area contributed by atoms with Crippen LogP contribution in [0, 0.1) is 5.92 Å². The summed E-state index contributed by atoms with van der Waals surface area (Å²) < 4.78 is 2.16. The maximum Gasteiger partial charge on any atom is 0.0948 e. The first kappa shape index (κ1) is 11.6. The summed E-state index contributed by atoms with van der Waals surface area (Å²) in [6.07, 6.45) is 4.71. The summed E-state index contributed by atoms with van der Waals surface area (Å²) in [5, 5.41) is 9.84. The molecule has 1 aliphatic heterocycles. The van der Waals surface area contributed by atoms with Crippen molar-refractivity contribution in [1.82, 2.24) is 14.5 Å². The SMILES string of the molecule is CCn1cncc1CN1CCC(C)C(O)C1. The molecule has 0 bridgehead atoms. The fourth-order valence-electron chi connectivity index (χ4n) is 2.25. The Bertz CT molecular complexity index is 337. The number of aryl methyl sites for hydroxylation is 1. The molecule has 2 unspecified atom stereocenters. The number of piperidine rings is 1. The third kappa shape index (κ3) is 2.44. The standard InChI is InChI=1S/C12H21N3O/c1-3-15-9-13-6-11(15)7-14-5-4-10(2)12(16)8-14/h6,9-10,12,16H,3-5,7-8H2,1-2H3. The molecule has 1 aromatic rings. The molecular formula is C12H21N3O. The van der Waals surface area contributed by atoms with Crippen LogP contribution in [-0.4, -0.2) is 38.8 Å². The van der Waals surface area contributed by atoms with Crippen LogP contribution < -0.4 is 0 Å². The van der Waals surface area contributed by atoms with Crippen molar-refractivity contribution in [2.75, 3.05) is 13.1 Å². The Balaban J connectivity index is 1.95. The highest BCUT2D eigenvalue weighted by atomic mass is 16.3. The molecule has 1 N–H and O–H groups in total. The Morgan fingerprint density at radius 3 is 3.06 bits per heavy atom. The second kappa shape index (κ2) is 4.97. The number of imidazole rings is 1. The number of β-amino-alcohol motifs (C(OH)–C–C–N with tert-alkyl or cyclic N) is 1. The molecule has 4 heteroatoms. The Kier molecular flexibility index (Phi) is 3.61. The molecule has 2 atom stereocenters. The van der Waals surface area contributed by atoms with Crippen molar-refractivity contribution in [1.29, 1.82) is 0 Å². The van der Waals surface area contributed by atoms with E-state index < -0.39 is 0 Å². The number of rotatable bonds is 3. The maximum absolute atomic E-state index is 9.84. The molecule has 1 fully saturated rings. The number of hydrogen-bond donors (Lipinski definition) is 1. The zero-order chi connectivity index (χ0) is 11.5. The van der Waals surface area contributed by atoms with Crippen molar-refractivity contribution in [3.8, 4) is 0 Å². The largest absolute Gasteiger partial charge is 0.392 e. The van der Waals surface area contributed by atoms with Crippen LogP contribution in [0.4, 0.5) is 0 Å². The van der Waals surface area contributed by atoms with Crippen LogP contribution in [0.5, 0.6) is 0 Å². The first-order valence-electron chi connectivity index (χ1n) is 6.10. The van der Waals surface area contributed by atoms with Crippen LogP contribution in [0.2, 0.25) is 0 Å². The van der Waals surface area contributed by atoms with E-state index in [4.69, 9.17) is 0 Å². The Hall–Kier alpha value is -0.870. The van der Waals surface area contributed by atoms with Crippen molar-refractivity contribution in [2.45, 2.75) is 39.5 Å². The molecule has 90 valence electrons. The lowest BCUT2D eigenvalue weighted by Gasteiger charge is -2.34. The third-order valence-electron chi connectivity index (χ3n) is 3.53. The summed E-state index contributed by atoms with van der Waals surface area (Å²) >= 11 is 0. The Labute approximate surface area is 96.9 Å². The minimum absolute atomic E-state index is 0.174. The summed E-state index contributed by atoms with van der Waals surface area (Å²) in [6, 6.07) is 0. The van der Waals surface area contributed by atoms with Crippen LogP contribution in [0.3, 0.4) is 0 Å². The minimum atomic E-state index is -0.174. The zero-order valence-corrected chi connectivity index (χ0v) is 10.1. The highest BCUT2D eigenvalue weighted by Gasteiger charge is 2.24. The van der Waals surface area contributed by atoms with E-state index in [0.29, 0.717) is 5.92 Å². The van der Waals surface area contributed by atoms with Crippen molar-refractivity contribution in [2.24, 2.45) is 5.92 Å². The lowest BCUT2D eigenvalue weighted by atomic mass is 9.96. The van der Waals surface area contributed by atoms with Crippen molar-refractivity contribution in [3.63, 3.8) is 0 Å². The highest BCUT2D eigenvalue weighted by Crippen LogP contribution is 2.18. The lowest BCUT2D eigenvalue weighted by Crippen LogP contribution is -2.42. The fourth-order valence-corrected chi connectivity index (χ4v) is 2.25. The molecule has 0 amide bonds. The van der Waals surface area contributed by atoms with E-state index in [1.807, 2.05) is 12.5 Å². The van der Waals surface area contributed by atoms with Gasteiger partial charge < -0.3 is 9.67 Å². The van der Waals surface area contributed by atoms with Gasteiger partial charge in [-0.25, -0.2) is 4.98 Å². The molecule has 0 saturated carbocycles. The van der Waals surface area contributed by atoms with Gasteiger partial charge in [-0.05, 0) is 25.8 Å². The molecular weight excluding hydrogens is 202 g/mol. The fraction of sp³-hybridized carbons (Fsp3) is 0.750. The van der Waals surface area contributed by atoms with Crippen LogP contribution in [-0.2, 0) is 13.1 Å². The predicted octanol–water partition coefficient (Wildman–Crippen LogP) is 1.11. The van der Waals surface area contributed by atoms with Crippen LogP contribution in [0.15, 0.2) is 12.5 Å². The van der Waals surface area contributed by atoms with Gasteiger partial charge in [-0.2, -0.15) is 0 Å². The van der Waals surface area contributed by atoms with Gasteiger partial charge in [0.1, 0.15) is 0 Å². The molecule has 1 aromatic heterocycles. The van der Waals surface area contributed by atoms with Gasteiger partial charge in [0, 0.05) is 25.8 Å². The minimum Gasteiger partial charge on any atom is -0.392 e. The molecule has 0 aliphatic carbocycles. The predicted molar refractivity (Wildman–Crippen MR) is 63.0 cm³/mol. The normalized spacial score (nSPS) is 27.2. The van der Waals surface area contributed by atoms with Gasteiger partial charge in [-0.3, -0.25) is 4.90 Å². The average Bonchev–Trinajstić information content (AvgIpc) is 2.71. The van der Waals surface area contributed by atoms with Crippen LogP contribution >= 0.6 is 0 Å². The lowest BCUT2D eigenvalue weighted by molar-refractivity contribution is 0.0250. The van der Waals surface area contributed by atoms with Gasteiger partial charge in [0.05, 0.1) is 18.1 Å². The van der Waals surface area contributed by atoms with E-state index in [-0.39, 0.29) is 6.10 Å².